The molecule has 2 aromatic carbocycles. The Bertz CT molecular complexity index is 1030. The van der Waals surface area contributed by atoms with E-state index in [9.17, 15) is 9.18 Å². The number of amides is 1. The molecule has 0 aliphatic rings. The zero-order valence-electron chi connectivity index (χ0n) is 16.8. The molecule has 2 atom stereocenters. The van der Waals surface area contributed by atoms with Crippen molar-refractivity contribution in [2.45, 2.75) is 43.8 Å². The predicted octanol–water partition coefficient (Wildman–Crippen LogP) is 5.35. The molecular formula is C21H22ClFN4O2S. The molecule has 0 aliphatic carbocycles. The van der Waals surface area contributed by atoms with Crippen LogP contribution in [0.25, 0.3) is 0 Å². The van der Waals surface area contributed by atoms with Crippen molar-refractivity contribution in [3.05, 3.63) is 65.2 Å². The summed E-state index contributed by atoms with van der Waals surface area (Å²) in [5.41, 5.74) is 0.409. The number of carbonyl (C=O) groups is 1. The summed E-state index contributed by atoms with van der Waals surface area (Å²) in [4.78, 5) is 12.5. The molecule has 3 rings (SSSR count). The van der Waals surface area contributed by atoms with Crippen LogP contribution in [0, 0.1) is 5.82 Å². The Hall–Kier alpha value is -2.58. The molecule has 6 nitrogen and oxygen atoms in total. The van der Waals surface area contributed by atoms with Crippen molar-refractivity contribution in [3.8, 4) is 5.75 Å². The first-order valence-electron chi connectivity index (χ1n) is 9.46. The second-order valence-corrected chi connectivity index (χ2v) is 8.25. The molecule has 0 saturated heterocycles. The van der Waals surface area contributed by atoms with Gasteiger partial charge in [-0.25, -0.2) is 4.39 Å². The highest BCUT2D eigenvalue weighted by Gasteiger charge is 2.23. The van der Waals surface area contributed by atoms with Crippen LogP contribution < -0.4 is 10.1 Å². The zero-order valence-corrected chi connectivity index (χ0v) is 18.4. The van der Waals surface area contributed by atoms with E-state index >= 15 is 0 Å². The third-order valence-corrected chi connectivity index (χ3v) is 5.70. The number of hydrogen-bond acceptors (Lipinski definition) is 5. The average Bonchev–Trinajstić information content (AvgIpc) is 3.12. The molecule has 0 aliphatic heterocycles. The summed E-state index contributed by atoms with van der Waals surface area (Å²) in [6.45, 7) is 6.21. The first-order chi connectivity index (χ1) is 14.4. The molecule has 1 heterocycles. The number of aromatic nitrogens is 3. The monoisotopic (exact) mass is 448 g/mol. The van der Waals surface area contributed by atoms with E-state index in [1.54, 1.807) is 31.2 Å². The number of hydrogen-bond donors (Lipinski definition) is 1. The molecule has 0 saturated carbocycles. The largest absolute Gasteiger partial charge is 0.481 e. The summed E-state index contributed by atoms with van der Waals surface area (Å²) in [5.74, 6) is 0.543. The number of rotatable bonds is 8. The van der Waals surface area contributed by atoms with Crippen molar-refractivity contribution in [2.75, 3.05) is 5.32 Å². The van der Waals surface area contributed by atoms with Gasteiger partial charge in [0.1, 0.15) is 11.6 Å². The summed E-state index contributed by atoms with van der Waals surface area (Å²) >= 11 is 7.45. The second kappa shape index (κ2) is 9.95. The van der Waals surface area contributed by atoms with Gasteiger partial charge >= 0.3 is 0 Å². The van der Waals surface area contributed by atoms with Crippen LogP contribution in [0.15, 0.2) is 53.7 Å². The minimum atomic E-state index is -0.463. The Kier molecular flexibility index (Phi) is 7.33. The predicted molar refractivity (Wildman–Crippen MR) is 117 cm³/mol. The second-order valence-electron chi connectivity index (χ2n) is 6.54. The highest BCUT2D eigenvalue weighted by atomic mass is 35.5. The molecule has 0 fully saturated rings. The van der Waals surface area contributed by atoms with Crippen LogP contribution in [0.5, 0.6) is 5.75 Å². The maximum atomic E-state index is 13.3. The summed E-state index contributed by atoms with van der Waals surface area (Å²) < 4.78 is 21.2. The molecule has 9 heteroatoms. The van der Waals surface area contributed by atoms with Gasteiger partial charge in [-0.2, -0.15) is 0 Å². The number of para-hydroxylation sites is 1. The fraction of sp³-hybridized carbons (Fsp3) is 0.286. The fourth-order valence-electron chi connectivity index (χ4n) is 2.79. The van der Waals surface area contributed by atoms with Gasteiger partial charge in [-0.15, -0.1) is 10.2 Å². The lowest BCUT2D eigenvalue weighted by molar-refractivity contribution is -0.115. The maximum Gasteiger partial charge on any atom is 0.237 e. The molecule has 158 valence electrons. The van der Waals surface area contributed by atoms with Gasteiger partial charge in [0.15, 0.2) is 17.1 Å². The quantitative estimate of drug-likeness (QED) is 0.470. The highest BCUT2D eigenvalue weighted by Crippen LogP contribution is 2.30. The molecular weight excluding hydrogens is 427 g/mol. The molecule has 0 spiro atoms. The van der Waals surface area contributed by atoms with Gasteiger partial charge in [-0.3, -0.25) is 4.79 Å². The molecule has 1 amide bonds. The van der Waals surface area contributed by atoms with Crippen LogP contribution in [0.2, 0.25) is 5.02 Å². The van der Waals surface area contributed by atoms with E-state index in [0.29, 0.717) is 34.0 Å². The molecule has 1 N–H and O–H groups in total. The van der Waals surface area contributed by atoms with Crippen molar-refractivity contribution in [3.63, 3.8) is 0 Å². The average molecular weight is 449 g/mol. The summed E-state index contributed by atoms with van der Waals surface area (Å²) in [7, 11) is 0. The molecule has 3 aromatic rings. The lowest BCUT2D eigenvalue weighted by atomic mass is 10.3. The van der Waals surface area contributed by atoms with Crippen molar-refractivity contribution in [2.24, 2.45) is 0 Å². The van der Waals surface area contributed by atoms with Crippen LogP contribution in [0.3, 0.4) is 0 Å². The van der Waals surface area contributed by atoms with E-state index in [1.165, 1.54) is 23.9 Å². The minimum absolute atomic E-state index is 0.252. The van der Waals surface area contributed by atoms with Gasteiger partial charge in [-0.05, 0) is 51.1 Å². The molecule has 30 heavy (non-hydrogen) atoms. The molecule has 0 bridgehead atoms. The third-order valence-electron chi connectivity index (χ3n) is 4.31. The number of anilines is 1. The van der Waals surface area contributed by atoms with Crippen LogP contribution in [-0.4, -0.2) is 25.9 Å². The summed E-state index contributed by atoms with van der Waals surface area (Å²) in [6, 6.07) is 13.0. The Morgan fingerprint density at radius 3 is 2.70 bits per heavy atom. The Balaban J connectivity index is 1.70. The smallest absolute Gasteiger partial charge is 0.237 e. The summed E-state index contributed by atoms with van der Waals surface area (Å²) in [5, 5.41) is 11.9. The number of nitrogens with zero attached hydrogens (tertiary/aromatic N) is 3. The van der Waals surface area contributed by atoms with E-state index in [4.69, 9.17) is 16.3 Å². The third kappa shape index (κ3) is 5.31. The Morgan fingerprint density at radius 2 is 2.00 bits per heavy atom. The van der Waals surface area contributed by atoms with E-state index in [0.717, 1.165) is 0 Å². The van der Waals surface area contributed by atoms with Crippen LogP contribution in [0.4, 0.5) is 10.1 Å². The van der Waals surface area contributed by atoms with Crippen molar-refractivity contribution < 1.29 is 13.9 Å². The number of carbonyl (C=O) groups excluding carboxylic acids is 1. The van der Waals surface area contributed by atoms with Gasteiger partial charge in [-0.1, -0.05) is 41.6 Å². The molecule has 1 aromatic heterocycles. The van der Waals surface area contributed by atoms with Gasteiger partial charge in [0.05, 0.1) is 10.3 Å². The molecule has 0 radical (unpaired) electrons. The summed E-state index contributed by atoms with van der Waals surface area (Å²) in [6.07, 6.45) is -0.386. The van der Waals surface area contributed by atoms with E-state index in [2.05, 4.69) is 15.5 Å². The first-order valence-corrected chi connectivity index (χ1v) is 10.7. The van der Waals surface area contributed by atoms with Gasteiger partial charge in [0, 0.05) is 12.2 Å². The van der Waals surface area contributed by atoms with E-state index < -0.39 is 11.1 Å². The highest BCUT2D eigenvalue weighted by molar-refractivity contribution is 8.00. The SMILES string of the molecule is CCn1c(SC(C)C(=O)Nc2cccc(F)c2)nnc1C(C)Oc1ccccc1Cl. The topological polar surface area (TPSA) is 69.0 Å². The maximum absolute atomic E-state index is 13.3. The van der Waals surface area contributed by atoms with Gasteiger partial charge in [0.2, 0.25) is 5.91 Å². The zero-order chi connectivity index (χ0) is 21.7. The van der Waals surface area contributed by atoms with Crippen molar-refractivity contribution in [1.29, 1.82) is 0 Å². The van der Waals surface area contributed by atoms with Crippen molar-refractivity contribution in [1.82, 2.24) is 14.8 Å². The number of ether oxygens (including phenoxy) is 1. The fourth-order valence-corrected chi connectivity index (χ4v) is 3.89. The first kappa shape index (κ1) is 22.1. The lowest BCUT2D eigenvalue weighted by Gasteiger charge is -2.17. The number of halogens is 2. The van der Waals surface area contributed by atoms with Gasteiger partial charge in [0.25, 0.3) is 0 Å². The molecule has 2 unspecified atom stereocenters. The Labute approximate surface area is 183 Å². The standard InChI is InChI=1S/C21H22ClFN4O2S/c1-4-27-19(13(2)29-18-11-6-5-10-17(18)22)25-26-21(27)30-14(3)20(28)24-16-9-7-8-15(23)12-16/h5-14H,4H2,1-3H3,(H,24,28). The minimum Gasteiger partial charge on any atom is -0.481 e. The Morgan fingerprint density at radius 1 is 1.23 bits per heavy atom. The number of nitrogens with one attached hydrogen (secondary N) is 1. The van der Waals surface area contributed by atoms with Crippen molar-refractivity contribution >= 4 is 35.0 Å². The van der Waals surface area contributed by atoms with Crippen LogP contribution in [0.1, 0.15) is 32.7 Å². The van der Waals surface area contributed by atoms with Crippen LogP contribution >= 0.6 is 23.4 Å². The normalized spacial score (nSPS) is 13.0. The lowest BCUT2D eigenvalue weighted by Crippen LogP contribution is -2.23. The number of benzene rings is 2. The number of thioether (sulfide) groups is 1. The van der Waals surface area contributed by atoms with Gasteiger partial charge < -0.3 is 14.6 Å². The van der Waals surface area contributed by atoms with E-state index in [-0.39, 0.29) is 12.0 Å². The van der Waals surface area contributed by atoms with Crippen LogP contribution in [-0.2, 0) is 11.3 Å². The van der Waals surface area contributed by atoms with E-state index in [1.807, 2.05) is 30.5 Å².